The maximum absolute atomic E-state index is 12.3. The molecule has 2 heterocycles. The first kappa shape index (κ1) is 13.4. The second-order valence-corrected chi connectivity index (χ2v) is 5.84. The third-order valence-corrected chi connectivity index (χ3v) is 4.37. The van der Waals surface area contributed by atoms with E-state index in [1.165, 1.54) is 31.5 Å². The summed E-state index contributed by atoms with van der Waals surface area (Å²) >= 11 is 0. The Bertz CT molecular complexity index is 494. The third-order valence-electron chi connectivity index (χ3n) is 4.37. The SMILES string of the molecule is Nc1ccc2c(c1)CCCC(=O)N2CCN1CCCC1. The molecular weight excluding hydrogens is 250 g/mol. The highest BCUT2D eigenvalue weighted by atomic mass is 16.2. The molecule has 2 aliphatic heterocycles. The van der Waals surface area contributed by atoms with Crippen LogP contribution in [-0.4, -0.2) is 37.0 Å². The van der Waals surface area contributed by atoms with Crippen LogP contribution in [0.2, 0.25) is 0 Å². The topological polar surface area (TPSA) is 49.6 Å². The smallest absolute Gasteiger partial charge is 0.227 e. The molecule has 108 valence electrons. The van der Waals surface area contributed by atoms with Crippen LogP contribution in [0.25, 0.3) is 0 Å². The van der Waals surface area contributed by atoms with E-state index in [0.717, 1.165) is 37.3 Å². The molecule has 1 fully saturated rings. The Morgan fingerprint density at radius 2 is 1.85 bits per heavy atom. The number of benzene rings is 1. The van der Waals surface area contributed by atoms with Crippen LogP contribution in [-0.2, 0) is 11.2 Å². The first-order chi connectivity index (χ1) is 9.74. The van der Waals surface area contributed by atoms with Crippen LogP contribution in [0.5, 0.6) is 0 Å². The minimum atomic E-state index is 0.257. The van der Waals surface area contributed by atoms with Crippen molar-refractivity contribution >= 4 is 17.3 Å². The van der Waals surface area contributed by atoms with Gasteiger partial charge < -0.3 is 15.5 Å². The van der Waals surface area contributed by atoms with Gasteiger partial charge in [0.25, 0.3) is 0 Å². The number of hydrogen-bond donors (Lipinski definition) is 1. The number of aryl methyl sites for hydroxylation is 1. The molecule has 0 aliphatic carbocycles. The van der Waals surface area contributed by atoms with Gasteiger partial charge in [-0.1, -0.05) is 0 Å². The number of nitrogens with zero attached hydrogens (tertiary/aromatic N) is 2. The minimum absolute atomic E-state index is 0.257. The zero-order chi connectivity index (χ0) is 13.9. The number of nitrogen functional groups attached to an aromatic ring is 1. The summed E-state index contributed by atoms with van der Waals surface area (Å²) in [7, 11) is 0. The number of fused-ring (bicyclic) bond motifs is 1. The number of anilines is 2. The maximum atomic E-state index is 12.3. The van der Waals surface area contributed by atoms with E-state index < -0.39 is 0 Å². The number of likely N-dealkylation sites (tertiary alicyclic amines) is 1. The van der Waals surface area contributed by atoms with Gasteiger partial charge >= 0.3 is 0 Å². The summed E-state index contributed by atoms with van der Waals surface area (Å²) in [6.45, 7) is 4.14. The molecule has 1 amide bonds. The van der Waals surface area contributed by atoms with Crippen LogP contribution in [0.3, 0.4) is 0 Å². The number of amides is 1. The van der Waals surface area contributed by atoms with Crippen LogP contribution in [0.1, 0.15) is 31.2 Å². The molecule has 2 N–H and O–H groups in total. The molecule has 1 saturated heterocycles. The van der Waals surface area contributed by atoms with Crippen molar-refractivity contribution in [1.29, 1.82) is 0 Å². The first-order valence-corrected chi connectivity index (χ1v) is 7.65. The van der Waals surface area contributed by atoms with Crippen LogP contribution in [0.4, 0.5) is 11.4 Å². The summed E-state index contributed by atoms with van der Waals surface area (Å²) in [5, 5.41) is 0. The van der Waals surface area contributed by atoms with Gasteiger partial charge in [0.15, 0.2) is 0 Å². The van der Waals surface area contributed by atoms with Crippen molar-refractivity contribution in [3.8, 4) is 0 Å². The van der Waals surface area contributed by atoms with Crippen molar-refractivity contribution in [3.63, 3.8) is 0 Å². The third kappa shape index (κ3) is 2.80. The van der Waals surface area contributed by atoms with Crippen molar-refractivity contribution in [3.05, 3.63) is 23.8 Å². The van der Waals surface area contributed by atoms with E-state index >= 15 is 0 Å². The van der Waals surface area contributed by atoms with Gasteiger partial charge in [0, 0.05) is 30.9 Å². The Labute approximate surface area is 120 Å². The van der Waals surface area contributed by atoms with Gasteiger partial charge in [-0.3, -0.25) is 4.79 Å². The molecular formula is C16H23N3O. The fourth-order valence-electron chi connectivity index (χ4n) is 3.26. The molecule has 20 heavy (non-hydrogen) atoms. The standard InChI is InChI=1S/C16H23N3O/c17-14-6-7-15-13(12-14)4-3-5-16(20)19(15)11-10-18-8-1-2-9-18/h6-7,12H,1-5,8-11,17H2. The molecule has 0 aromatic heterocycles. The first-order valence-electron chi connectivity index (χ1n) is 7.65. The molecule has 2 aliphatic rings. The average Bonchev–Trinajstić information content (AvgIpc) is 2.89. The van der Waals surface area contributed by atoms with Crippen molar-refractivity contribution < 1.29 is 4.79 Å². The fraction of sp³-hybridized carbons (Fsp3) is 0.562. The average molecular weight is 273 g/mol. The quantitative estimate of drug-likeness (QED) is 0.857. The second kappa shape index (κ2) is 5.83. The van der Waals surface area contributed by atoms with E-state index in [2.05, 4.69) is 4.90 Å². The number of hydrogen-bond acceptors (Lipinski definition) is 3. The number of carbonyl (C=O) groups excluding carboxylic acids is 1. The van der Waals surface area contributed by atoms with Crippen molar-refractivity contribution in [2.75, 3.05) is 36.8 Å². The lowest BCUT2D eigenvalue weighted by molar-refractivity contribution is -0.118. The van der Waals surface area contributed by atoms with Crippen LogP contribution in [0.15, 0.2) is 18.2 Å². The highest BCUT2D eigenvalue weighted by Crippen LogP contribution is 2.28. The number of nitrogens with two attached hydrogens (primary N) is 1. The second-order valence-electron chi connectivity index (χ2n) is 5.84. The minimum Gasteiger partial charge on any atom is -0.399 e. The number of carbonyl (C=O) groups is 1. The lowest BCUT2D eigenvalue weighted by Crippen LogP contribution is -2.37. The molecule has 0 spiro atoms. The van der Waals surface area contributed by atoms with E-state index in [0.29, 0.717) is 6.42 Å². The highest BCUT2D eigenvalue weighted by Gasteiger charge is 2.23. The normalized spacial score (nSPS) is 20.0. The summed E-state index contributed by atoms with van der Waals surface area (Å²) in [5.74, 6) is 0.257. The highest BCUT2D eigenvalue weighted by molar-refractivity contribution is 5.95. The predicted molar refractivity (Wildman–Crippen MR) is 81.8 cm³/mol. The van der Waals surface area contributed by atoms with Crippen molar-refractivity contribution in [2.45, 2.75) is 32.1 Å². The van der Waals surface area contributed by atoms with Crippen LogP contribution < -0.4 is 10.6 Å². The molecule has 0 radical (unpaired) electrons. The summed E-state index contributed by atoms with van der Waals surface area (Å²) < 4.78 is 0. The van der Waals surface area contributed by atoms with Crippen molar-refractivity contribution in [1.82, 2.24) is 4.90 Å². The summed E-state index contributed by atoms with van der Waals surface area (Å²) in [4.78, 5) is 16.8. The lowest BCUT2D eigenvalue weighted by atomic mass is 10.1. The van der Waals surface area contributed by atoms with E-state index in [-0.39, 0.29) is 5.91 Å². The van der Waals surface area contributed by atoms with E-state index in [1.54, 1.807) is 0 Å². The maximum Gasteiger partial charge on any atom is 0.227 e. The zero-order valence-corrected chi connectivity index (χ0v) is 12.0. The lowest BCUT2D eigenvalue weighted by Gasteiger charge is -2.26. The summed E-state index contributed by atoms with van der Waals surface area (Å²) in [5.41, 5.74) is 8.95. The largest absolute Gasteiger partial charge is 0.399 e. The molecule has 0 atom stereocenters. The number of rotatable bonds is 3. The summed E-state index contributed by atoms with van der Waals surface area (Å²) in [6, 6.07) is 5.94. The van der Waals surface area contributed by atoms with Gasteiger partial charge in [-0.2, -0.15) is 0 Å². The molecule has 3 rings (SSSR count). The Kier molecular flexibility index (Phi) is 3.92. The Balaban J connectivity index is 1.78. The molecule has 1 aromatic carbocycles. The van der Waals surface area contributed by atoms with Gasteiger partial charge in [-0.25, -0.2) is 0 Å². The van der Waals surface area contributed by atoms with Crippen molar-refractivity contribution in [2.24, 2.45) is 0 Å². The summed E-state index contributed by atoms with van der Waals surface area (Å²) in [6.07, 6.45) is 5.11. The molecule has 0 bridgehead atoms. The monoisotopic (exact) mass is 273 g/mol. The van der Waals surface area contributed by atoms with Gasteiger partial charge in [0.05, 0.1) is 0 Å². The molecule has 1 aromatic rings. The van der Waals surface area contributed by atoms with E-state index in [9.17, 15) is 4.79 Å². The Hall–Kier alpha value is -1.55. The van der Waals surface area contributed by atoms with Gasteiger partial charge in [-0.15, -0.1) is 0 Å². The molecule has 4 heteroatoms. The van der Waals surface area contributed by atoms with E-state index in [4.69, 9.17) is 5.73 Å². The van der Waals surface area contributed by atoms with E-state index in [1.807, 2.05) is 23.1 Å². The van der Waals surface area contributed by atoms with Gasteiger partial charge in [-0.05, 0) is 62.5 Å². The van der Waals surface area contributed by atoms with Crippen LogP contribution in [0, 0.1) is 0 Å². The predicted octanol–water partition coefficient (Wildman–Crippen LogP) is 2.03. The molecule has 4 nitrogen and oxygen atoms in total. The fourth-order valence-corrected chi connectivity index (χ4v) is 3.26. The van der Waals surface area contributed by atoms with Gasteiger partial charge in [0.2, 0.25) is 5.91 Å². The Morgan fingerprint density at radius 3 is 2.65 bits per heavy atom. The molecule has 0 unspecified atom stereocenters. The van der Waals surface area contributed by atoms with Gasteiger partial charge in [0.1, 0.15) is 0 Å². The Morgan fingerprint density at radius 1 is 1.05 bits per heavy atom. The van der Waals surface area contributed by atoms with Crippen LogP contribution >= 0.6 is 0 Å². The zero-order valence-electron chi connectivity index (χ0n) is 12.0. The molecule has 0 saturated carbocycles.